The lowest BCUT2D eigenvalue weighted by Crippen LogP contribution is -2.29. The predicted molar refractivity (Wildman–Crippen MR) is 142 cm³/mol. The molecule has 9 heteroatoms. The third kappa shape index (κ3) is 3.95. The summed E-state index contributed by atoms with van der Waals surface area (Å²) >= 11 is 9.58. The topological polar surface area (TPSA) is 79.7 Å². The van der Waals surface area contributed by atoms with Crippen LogP contribution in [0.5, 0.6) is 5.75 Å². The van der Waals surface area contributed by atoms with Gasteiger partial charge in [-0.3, -0.25) is 14.5 Å². The number of methoxy groups -OCH3 is 1. The van der Waals surface area contributed by atoms with Gasteiger partial charge in [0.1, 0.15) is 11.5 Å². The van der Waals surface area contributed by atoms with E-state index in [-0.39, 0.29) is 11.3 Å². The Hall–Kier alpha value is -2.95. The number of thiazole rings is 1. The predicted octanol–water partition coefficient (Wildman–Crippen LogP) is 6.19. The molecular weight excluding hydrogens is 587 g/mol. The summed E-state index contributed by atoms with van der Waals surface area (Å²) in [6.07, 6.45) is 0. The van der Waals surface area contributed by atoms with Crippen molar-refractivity contribution in [3.8, 4) is 5.75 Å². The van der Waals surface area contributed by atoms with Gasteiger partial charge in [0, 0.05) is 14.2 Å². The van der Waals surface area contributed by atoms with Gasteiger partial charge in [-0.25, -0.2) is 4.98 Å². The summed E-state index contributed by atoms with van der Waals surface area (Å²) in [6, 6.07) is 18.6. The maximum atomic E-state index is 13.3. The number of aliphatic hydroxyl groups is 1. The second-order valence-corrected chi connectivity index (χ2v) is 10.2. The van der Waals surface area contributed by atoms with Crippen molar-refractivity contribution in [2.45, 2.75) is 6.04 Å². The molecule has 2 heterocycles. The molecule has 5 rings (SSSR count). The zero-order valence-corrected chi connectivity index (χ0v) is 21.4. The van der Waals surface area contributed by atoms with Crippen molar-refractivity contribution in [1.29, 1.82) is 0 Å². The van der Waals surface area contributed by atoms with Crippen molar-refractivity contribution < 1.29 is 19.4 Å². The van der Waals surface area contributed by atoms with E-state index >= 15 is 0 Å². The molecular formula is C25H16ClIN2O4S. The monoisotopic (exact) mass is 602 g/mol. The van der Waals surface area contributed by atoms with Crippen LogP contribution in [0.1, 0.15) is 17.2 Å². The van der Waals surface area contributed by atoms with Gasteiger partial charge in [-0.05, 0) is 82.8 Å². The minimum absolute atomic E-state index is 0.00802. The molecule has 0 radical (unpaired) electrons. The standard InChI is InChI=1S/C25H16ClIN2O4S/c1-33-17-9-4-14(5-10-17)22(30)20-21(13-2-7-16(27)8-3-13)29(24(32)23(20)31)25-28-18-11-6-15(26)12-19(18)34-25/h2-12,21,30H,1H3. The number of anilines is 1. The second kappa shape index (κ2) is 9.01. The number of halogens is 2. The minimum Gasteiger partial charge on any atom is -0.507 e. The summed E-state index contributed by atoms with van der Waals surface area (Å²) in [7, 11) is 1.54. The molecule has 0 saturated carbocycles. The van der Waals surface area contributed by atoms with Gasteiger partial charge in [-0.2, -0.15) is 0 Å². The SMILES string of the molecule is COc1ccc(C(O)=C2C(=O)C(=O)N(c3nc4ccc(Cl)cc4s3)C2c2ccc(I)cc2)cc1. The molecule has 1 amide bonds. The highest BCUT2D eigenvalue weighted by Crippen LogP contribution is 2.44. The van der Waals surface area contributed by atoms with Crippen molar-refractivity contribution in [3.63, 3.8) is 0 Å². The maximum Gasteiger partial charge on any atom is 0.301 e. The minimum atomic E-state index is -0.838. The van der Waals surface area contributed by atoms with Crippen molar-refractivity contribution >= 4 is 78.3 Å². The van der Waals surface area contributed by atoms with Crippen molar-refractivity contribution in [2.75, 3.05) is 12.0 Å². The van der Waals surface area contributed by atoms with E-state index in [1.165, 1.54) is 16.2 Å². The molecule has 170 valence electrons. The second-order valence-electron chi connectivity index (χ2n) is 7.56. The number of fused-ring (bicyclic) bond motifs is 1. The number of aliphatic hydroxyl groups excluding tert-OH is 1. The molecule has 34 heavy (non-hydrogen) atoms. The Bertz CT molecular complexity index is 1460. The number of benzene rings is 3. The molecule has 1 saturated heterocycles. The highest BCUT2D eigenvalue weighted by atomic mass is 127. The van der Waals surface area contributed by atoms with Crippen molar-refractivity contribution in [2.24, 2.45) is 0 Å². The molecule has 4 aromatic rings. The highest BCUT2D eigenvalue weighted by Gasteiger charge is 2.48. The first-order chi connectivity index (χ1) is 16.4. The van der Waals surface area contributed by atoms with E-state index in [2.05, 4.69) is 27.6 Å². The Morgan fingerprint density at radius 2 is 1.79 bits per heavy atom. The zero-order valence-electron chi connectivity index (χ0n) is 17.7. The van der Waals surface area contributed by atoms with Crippen LogP contribution in [0.15, 0.2) is 72.3 Å². The molecule has 1 aliphatic heterocycles. The third-order valence-corrected chi connectivity index (χ3v) is 7.51. The molecule has 1 fully saturated rings. The molecule has 1 unspecified atom stereocenters. The molecule has 1 atom stereocenters. The average molecular weight is 603 g/mol. The summed E-state index contributed by atoms with van der Waals surface area (Å²) in [5.41, 5.74) is 1.77. The van der Waals surface area contributed by atoms with Crippen LogP contribution in [0.2, 0.25) is 5.02 Å². The van der Waals surface area contributed by atoms with Gasteiger partial charge in [-0.1, -0.05) is 35.1 Å². The van der Waals surface area contributed by atoms with E-state index in [4.69, 9.17) is 16.3 Å². The van der Waals surface area contributed by atoms with Gasteiger partial charge in [-0.15, -0.1) is 0 Å². The first-order valence-corrected chi connectivity index (χ1v) is 12.4. The van der Waals surface area contributed by atoms with Gasteiger partial charge in [0.05, 0.1) is 28.9 Å². The first-order valence-electron chi connectivity index (χ1n) is 10.1. The number of ketones is 1. The van der Waals surface area contributed by atoms with Gasteiger partial charge in [0.15, 0.2) is 5.13 Å². The highest BCUT2D eigenvalue weighted by molar-refractivity contribution is 14.1. The molecule has 0 aliphatic carbocycles. The summed E-state index contributed by atoms with van der Waals surface area (Å²) in [6.45, 7) is 0. The Balaban J connectivity index is 1.71. The number of nitrogens with zero attached hydrogens (tertiary/aromatic N) is 2. The summed E-state index contributed by atoms with van der Waals surface area (Å²) in [5, 5.41) is 12.1. The van der Waals surface area contributed by atoms with Crippen LogP contribution < -0.4 is 9.64 Å². The lowest BCUT2D eigenvalue weighted by atomic mass is 9.95. The fourth-order valence-corrected chi connectivity index (χ4v) is 5.51. The number of aromatic nitrogens is 1. The van der Waals surface area contributed by atoms with E-state index in [0.717, 1.165) is 8.27 Å². The molecule has 1 aliphatic rings. The Kier molecular flexibility index (Phi) is 6.05. The Labute approximate surface area is 217 Å². The van der Waals surface area contributed by atoms with Crippen LogP contribution in [-0.4, -0.2) is 28.9 Å². The number of hydrogen-bond acceptors (Lipinski definition) is 6. The van der Waals surface area contributed by atoms with Crippen LogP contribution in [0, 0.1) is 3.57 Å². The van der Waals surface area contributed by atoms with Gasteiger partial charge in [0.2, 0.25) is 0 Å². The van der Waals surface area contributed by atoms with E-state index in [1.54, 1.807) is 49.6 Å². The van der Waals surface area contributed by atoms with Gasteiger partial charge >= 0.3 is 5.91 Å². The van der Waals surface area contributed by atoms with E-state index in [1.807, 2.05) is 24.3 Å². The Morgan fingerprint density at radius 1 is 1.09 bits per heavy atom. The fraction of sp³-hybridized carbons (Fsp3) is 0.0800. The molecule has 3 aromatic carbocycles. The van der Waals surface area contributed by atoms with Crippen LogP contribution in [-0.2, 0) is 9.59 Å². The molecule has 1 aromatic heterocycles. The van der Waals surface area contributed by atoms with Crippen LogP contribution in [0.3, 0.4) is 0 Å². The summed E-state index contributed by atoms with van der Waals surface area (Å²) < 4.78 is 6.98. The number of rotatable bonds is 4. The van der Waals surface area contributed by atoms with Crippen molar-refractivity contribution in [3.05, 3.63) is 92.0 Å². The average Bonchev–Trinajstić information content (AvgIpc) is 3.37. The number of Topliss-reactive ketones (excluding diaryl/α,β-unsaturated/α-hetero) is 1. The third-order valence-electron chi connectivity index (χ3n) is 5.54. The van der Waals surface area contributed by atoms with Crippen molar-refractivity contribution in [1.82, 2.24) is 4.98 Å². The molecule has 0 spiro atoms. The van der Waals surface area contributed by atoms with E-state index in [9.17, 15) is 14.7 Å². The van der Waals surface area contributed by atoms with Gasteiger partial charge < -0.3 is 9.84 Å². The number of hydrogen-bond donors (Lipinski definition) is 1. The lowest BCUT2D eigenvalue weighted by molar-refractivity contribution is -0.132. The van der Waals surface area contributed by atoms with E-state index in [0.29, 0.717) is 32.5 Å². The number of ether oxygens (including phenoxy) is 1. The lowest BCUT2D eigenvalue weighted by Gasteiger charge is -2.23. The first kappa shape index (κ1) is 22.8. The van der Waals surface area contributed by atoms with E-state index < -0.39 is 17.7 Å². The number of carbonyl (C=O) groups excluding carboxylic acids is 2. The maximum absolute atomic E-state index is 13.3. The smallest absolute Gasteiger partial charge is 0.301 e. The summed E-state index contributed by atoms with van der Waals surface area (Å²) in [5.74, 6) is -1.16. The van der Waals surface area contributed by atoms with Crippen LogP contribution in [0.25, 0.3) is 16.0 Å². The molecule has 0 bridgehead atoms. The summed E-state index contributed by atoms with van der Waals surface area (Å²) in [4.78, 5) is 32.5. The quantitative estimate of drug-likeness (QED) is 0.130. The largest absolute Gasteiger partial charge is 0.507 e. The van der Waals surface area contributed by atoms with Crippen LogP contribution in [0.4, 0.5) is 5.13 Å². The van der Waals surface area contributed by atoms with Gasteiger partial charge in [0.25, 0.3) is 5.78 Å². The van der Waals surface area contributed by atoms with Crippen LogP contribution >= 0.6 is 45.5 Å². The fourth-order valence-electron chi connectivity index (χ4n) is 3.88. The molecule has 6 nitrogen and oxygen atoms in total. The Morgan fingerprint density at radius 3 is 2.47 bits per heavy atom. The normalized spacial score (nSPS) is 17.5. The zero-order chi connectivity index (χ0) is 24.0. The number of amides is 1. The molecule has 1 N–H and O–H groups in total. The number of carbonyl (C=O) groups is 2.